The lowest BCUT2D eigenvalue weighted by atomic mass is 9.85. The van der Waals surface area contributed by atoms with Crippen LogP contribution in [0.3, 0.4) is 0 Å². The first-order chi connectivity index (χ1) is 16.5. The van der Waals surface area contributed by atoms with Gasteiger partial charge in [-0.05, 0) is 67.6 Å². The second kappa shape index (κ2) is 10.5. The number of benzene rings is 2. The molecule has 35 heavy (non-hydrogen) atoms. The minimum absolute atomic E-state index is 0.0653. The van der Waals surface area contributed by atoms with Crippen molar-refractivity contribution in [3.05, 3.63) is 64.7 Å². The summed E-state index contributed by atoms with van der Waals surface area (Å²) in [6, 6.07) is 10.4. The molecule has 0 spiro atoms. The van der Waals surface area contributed by atoms with Crippen molar-refractivity contribution in [3.8, 4) is 0 Å². The van der Waals surface area contributed by atoms with E-state index in [-0.39, 0.29) is 28.8 Å². The molecule has 11 heteroatoms. The van der Waals surface area contributed by atoms with Gasteiger partial charge in [0.05, 0.1) is 16.5 Å². The van der Waals surface area contributed by atoms with E-state index in [0.29, 0.717) is 50.3 Å². The highest BCUT2D eigenvalue weighted by atomic mass is 35.5. The Bertz CT molecular complexity index is 1130. The SMILES string of the molecule is O=C(C1CCC(NS(=O)(=O)c2ccc(C(F)(F)F)cc2)CC1)N1CCNC[C@@H]1c1ccc(Cl)cc1. The molecule has 1 aliphatic carbocycles. The van der Waals surface area contributed by atoms with Crippen molar-refractivity contribution in [2.75, 3.05) is 19.6 Å². The molecule has 1 aliphatic heterocycles. The first kappa shape index (κ1) is 25.9. The number of nitrogens with one attached hydrogen (secondary N) is 2. The van der Waals surface area contributed by atoms with E-state index in [9.17, 15) is 26.4 Å². The van der Waals surface area contributed by atoms with Crippen LogP contribution < -0.4 is 10.0 Å². The van der Waals surface area contributed by atoms with E-state index < -0.39 is 21.8 Å². The molecule has 2 fully saturated rings. The molecule has 190 valence electrons. The third kappa shape index (κ3) is 6.17. The lowest BCUT2D eigenvalue weighted by Crippen LogP contribution is -2.51. The van der Waals surface area contributed by atoms with Gasteiger partial charge in [0, 0.05) is 36.6 Å². The summed E-state index contributed by atoms with van der Waals surface area (Å²) in [5, 5.41) is 3.96. The number of carbonyl (C=O) groups excluding carboxylic acids is 1. The standard InChI is InChI=1S/C24H27ClF3N3O3S/c25-19-7-1-16(2-8-19)22-15-29-13-14-31(22)23(32)17-3-9-20(10-4-17)30-35(33,34)21-11-5-18(6-12-21)24(26,27)28/h1-2,5-8,11-12,17,20,22,29-30H,3-4,9-10,13-15H2/t17?,20?,22-/m1/s1. The van der Waals surface area contributed by atoms with E-state index in [1.807, 2.05) is 29.2 Å². The maximum absolute atomic E-state index is 13.4. The van der Waals surface area contributed by atoms with Crippen molar-refractivity contribution in [2.45, 2.75) is 48.8 Å². The zero-order valence-corrected chi connectivity index (χ0v) is 20.5. The largest absolute Gasteiger partial charge is 0.416 e. The normalized spacial score (nSPS) is 23.8. The minimum atomic E-state index is -4.53. The Morgan fingerprint density at radius 1 is 1.00 bits per heavy atom. The van der Waals surface area contributed by atoms with E-state index in [2.05, 4.69) is 10.0 Å². The fourth-order valence-electron chi connectivity index (χ4n) is 4.75. The van der Waals surface area contributed by atoms with E-state index in [4.69, 9.17) is 11.6 Å². The number of piperazine rings is 1. The van der Waals surface area contributed by atoms with Crippen LogP contribution in [0.5, 0.6) is 0 Å². The summed E-state index contributed by atoms with van der Waals surface area (Å²) >= 11 is 6.00. The fraction of sp³-hybridized carbons (Fsp3) is 0.458. The van der Waals surface area contributed by atoms with Gasteiger partial charge in [0.2, 0.25) is 15.9 Å². The summed E-state index contributed by atoms with van der Waals surface area (Å²) < 4.78 is 66.2. The molecule has 1 amide bonds. The number of hydrogen-bond donors (Lipinski definition) is 2. The molecule has 1 saturated heterocycles. The first-order valence-electron chi connectivity index (χ1n) is 11.5. The van der Waals surface area contributed by atoms with Crippen molar-refractivity contribution in [1.82, 2.24) is 14.9 Å². The summed E-state index contributed by atoms with van der Waals surface area (Å²) in [6.07, 6.45) is -2.49. The summed E-state index contributed by atoms with van der Waals surface area (Å²) in [7, 11) is -3.96. The number of nitrogens with zero attached hydrogens (tertiary/aromatic N) is 1. The summed E-state index contributed by atoms with van der Waals surface area (Å²) in [4.78, 5) is 15.1. The van der Waals surface area contributed by atoms with Gasteiger partial charge in [0.15, 0.2) is 0 Å². The highest BCUT2D eigenvalue weighted by Crippen LogP contribution is 2.32. The highest BCUT2D eigenvalue weighted by Gasteiger charge is 2.36. The quantitative estimate of drug-likeness (QED) is 0.603. The lowest BCUT2D eigenvalue weighted by molar-refractivity contribution is -0.140. The Morgan fingerprint density at radius 2 is 1.63 bits per heavy atom. The molecular weight excluding hydrogens is 503 g/mol. The highest BCUT2D eigenvalue weighted by molar-refractivity contribution is 7.89. The predicted molar refractivity (Wildman–Crippen MR) is 126 cm³/mol. The third-order valence-corrected chi connectivity index (χ3v) is 8.46. The number of rotatable bonds is 5. The van der Waals surface area contributed by atoms with Crippen LogP contribution >= 0.6 is 11.6 Å². The Hall–Kier alpha value is -2.14. The molecule has 0 bridgehead atoms. The molecule has 0 aromatic heterocycles. The lowest BCUT2D eigenvalue weighted by Gasteiger charge is -2.40. The van der Waals surface area contributed by atoms with Gasteiger partial charge < -0.3 is 10.2 Å². The molecule has 0 radical (unpaired) electrons. The molecule has 0 unspecified atom stereocenters. The number of halogens is 4. The van der Waals surface area contributed by atoms with Crippen LogP contribution in [0.25, 0.3) is 0 Å². The Balaban J connectivity index is 1.36. The fourth-order valence-corrected chi connectivity index (χ4v) is 6.19. The van der Waals surface area contributed by atoms with Crippen LogP contribution in [-0.2, 0) is 21.0 Å². The second-order valence-electron chi connectivity index (χ2n) is 9.00. The van der Waals surface area contributed by atoms with Gasteiger partial charge in [-0.3, -0.25) is 4.79 Å². The monoisotopic (exact) mass is 529 g/mol. The molecular formula is C24H27ClF3N3O3S. The van der Waals surface area contributed by atoms with Gasteiger partial charge in [0.1, 0.15) is 0 Å². The Morgan fingerprint density at radius 3 is 2.23 bits per heavy atom. The second-order valence-corrected chi connectivity index (χ2v) is 11.1. The van der Waals surface area contributed by atoms with Crippen LogP contribution in [0.1, 0.15) is 42.9 Å². The van der Waals surface area contributed by atoms with Gasteiger partial charge in [-0.1, -0.05) is 23.7 Å². The number of amides is 1. The number of sulfonamides is 1. The van der Waals surface area contributed by atoms with Gasteiger partial charge in [-0.15, -0.1) is 0 Å². The summed E-state index contributed by atoms with van der Waals surface area (Å²) in [5.74, 6) is -0.134. The third-order valence-electron chi connectivity index (χ3n) is 6.67. The number of alkyl halides is 3. The Kier molecular flexibility index (Phi) is 7.75. The maximum Gasteiger partial charge on any atom is 0.416 e. The summed E-state index contributed by atoms with van der Waals surface area (Å²) in [6.45, 7) is 1.94. The van der Waals surface area contributed by atoms with Gasteiger partial charge in [0.25, 0.3) is 0 Å². The molecule has 1 heterocycles. The molecule has 2 N–H and O–H groups in total. The maximum atomic E-state index is 13.4. The predicted octanol–water partition coefficient (Wildman–Crippen LogP) is 4.37. The van der Waals surface area contributed by atoms with E-state index in [0.717, 1.165) is 29.8 Å². The van der Waals surface area contributed by atoms with Crippen molar-refractivity contribution in [1.29, 1.82) is 0 Å². The van der Waals surface area contributed by atoms with Gasteiger partial charge in [-0.2, -0.15) is 13.2 Å². The molecule has 2 aromatic carbocycles. The zero-order valence-electron chi connectivity index (χ0n) is 18.9. The molecule has 6 nitrogen and oxygen atoms in total. The molecule has 2 aliphatic rings. The molecule has 2 aromatic rings. The smallest absolute Gasteiger partial charge is 0.333 e. The molecule has 1 saturated carbocycles. The van der Waals surface area contributed by atoms with Crippen molar-refractivity contribution in [3.63, 3.8) is 0 Å². The molecule has 4 rings (SSSR count). The van der Waals surface area contributed by atoms with Crippen LogP contribution in [-0.4, -0.2) is 44.9 Å². The van der Waals surface area contributed by atoms with Crippen molar-refractivity contribution >= 4 is 27.5 Å². The number of hydrogen-bond acceptors (Lipinski definition) is 4. The summed E-state index contributed by atoms with van der Waals surface area (Å²) in [5.41, 5.74) is 0.105. The van der Waals surface area contributed by atoms with Crippen LogP contribution in [0, 0.1) is 5.92 Å². The first-order valence-corrected chi connectivity index (χ1v) is 13.4. The van der Waals surface area contributed by atoms with Crippen molar-refractivity contribution < 1.29 is 26.4 Å². The van der Waals surface area contributed by atoms with Crippen LogP contribution in [0.15, 0.2) is 53.4 Å². The average Bonchev–Trinajstić information content (AvgIpc) is 2.84. The number of carbonyl (C=O) groups is 1. The molecule has 1 atom stereocenters. The van der Waals surface area contributed by atoms with E-state index in [1.54, 1.807) is 0 Å². The van der Waals surface area contributed by atoms with Crippen molar-refractivity contribution in [2.24, 2.45) is 5.92 Å². The van der Waals surface area contributed by atoms with E-state index >= 15 is 0 Å². The van der Waals surface area contributed by atoms with Gasteiger partial charge in [-0.25, -0.2) is 13.1 Å². The Labute approximate surface area is 207 Å². The topological polar surface area (TPSA) is 78.5 Å². The average molecular weight is 530 g/mol. The van der Waals surface area contributed by atoms with E-state index in [1.165, 1.54) is 0 Å². The zero-order chi connectivity index (χ0) is 25.2. The van der Waals surface area contributed by atoms with Crippen LogP contribution in [0.4, 0.5) is 13.2 Å². The van der Waals surface area contributed by atoms with Gasteiger partial charge >= 0.3 is 6.18 Å². The minimum Gasteiger partial charge on any atom is -0.333 e. The van der Waals surface area contributed by atoms with Crippen LogP contribution in [0.2, 0.25) is 5.02 Å².